The summed E-state index contributed by atoms with van der Waals surface area (Å²) in [4.78, 5) is 11.5. The van der Waals surface area contributed by atoms with Gasteiger partial charge in [-0.15, -0.1) is 12.4 Å². The number of hydrogen-bond donors (Lipinski definition) is 3. The molecule has 5 nitrogen and oxygen atoms in total. The predicted molar refractivity (Wildman–Crippen MR) is 74.6 cm³/mol. The third-order valence-electron chi connectivity index (χ3n) is 2.54. The predicted octanol–water partition coefficient (Wildman–Crippen LogP) is 1.73. The van der Waals surface area contributed by atoms with Crippen LogP contribution in [0.15, 0.2) is 18.2 Å². The van der Waals surface area contributed by atoms with Crippen molar-refractivity contribution in [1.82, 2.24) is 0 Å². The summed E-state index contributed by atoms with van der Waals surface area (Å²) >= 11 is 0. The van der Waals surface area contributed by atoms with E-state index in [1.54, 1.807) is 6.07 Å². The van der Waals surface area contributed by atoms with Crippen LogP contribution in [0.4, 0.5) is 0 Å². The minimum absolute atomic E-state index is 0. The molecule has 1 unspecified atom stereocenters. The summed E-state index contributed by atoms with van der Waals surface area (Å²) in [6.45, 7) is 2.39. The van der Waals surface area contributed by atoms with E-state index in [1.807, 2.05) is 6.92 Å². The van der Waals surface area contributed by atoms with Crippen LogP contribution in [-0.4, -0.2) is 28.8 Å². The Morgan fingerprint density at radius 1 is 1.37 bits per heavy atom. The zero-order chi connectivity index (χ0) is 13.5. The second-order valence-electron chi connectivity index (χ2n) is 4.15. The maximum Gasteiger partial charge on any atom is 0.323 e. The topological polar surface area (TPSA) is 92.8 Å². The van der Waals surface area contributed by atoms with E-state index in [9.17, 15) is 9.90 Å². The summed E-state index contributed by atoms with van der Waals surface area (Å²) in [5.41, 5.74) is 6.37. The first kappa shape index (κ1) is 17.5. The third kappa shape index (κ3) is 5.81. The second-order valence-corrected chi connectivity index (χ2v) is 4.15. The molecule has 4 N–H and O–H groups in total. The van der Waals surface area contributed by atoms with E-state index >= 15 is 0 Å². The molecule has 0 aliphatic heterocycles. The van der Waals surface area contributed by atoms with Crippen molar-refractivity contribution >= 4 is 18.4 Å². The number of carbonyl (C=O) groups excluding carboxylic acids is 1. The van der Waals surface area contributed by atoms with E-state index in [0.717, 1.165) is 12.8 Å². The number of halogens is 1. The highest BCUT2D eigenvalue weighted by molar-refractivity contribution is 5.85. The molecule has 0 aliphatic carbocycles. The summed E-state index contributed by atoms with van der Waals surface area (Å²) in [5, 5.41) is 18.5. The zero-order valence-electron chi connectivity index (χ0n) is 10.8. The van der Waals surface area contributed by atoms with Crippen LogP contribution in [0.5, 0.6) is 11.5 Å². The number of rotatable bonds is 6. The highest BCUT2D eigenvalue weighted by atomic mass is 35.5. The summed E-state index contributed by atoms with van der Waals surface area (Å²) < 4.78 is 4.99. The van der Waals surface area contributed by atoms with Crippen LogP contribution in [0.2, 0.25) is 0 Å². The fourth-order valence-corrected chi connectivity index (χ4v) is 1.46. The number of carbonyl (C=O) groups is 1. The minimum Gasteiger partial charge on any atom is -0.504 e. The van der Waals surface area contributed by atoms with Crippen molar-refractivity contribution < 1.29 is 19.7 Å². The molecule has 1 aromatic carbocycles. The minimum atomic E-state index is -0.759. The van der Waals surface area contributed by atoms with Crippen LogP contribution in [0, 0.1) is 0 Å². The van der Waals surface area contributed by atoms with Gasteiger partial charge in [0.05, 0.1) is 6.61 Å². The lowest BCUT2D eigenvalue weighted by molar-refractivity contribution is -0.145. The molecule has 0 bridgehead atoms. The van der Waals surface area contributed by atoms with Crippen LogP contribution >= 0.6 is 12.4 Å². The van der Waals surface area contributed by atoms with Crippen molar-refractivity contribution in [1.29, 1.82) is 0 Å². The Morgan fingerprint density at radius 2 is 2.05 bits per heavy atom. The average Bonchev–Trinajstić information content (AvgIpc) is 2.34. The van der Waals surface area contributed by atoms with Gasteiger partial charge in [-0.2, -0.15) is 0 Å². The molecule has 0 aromatic heterocycles. The molecule has 0 fully saturated rings. The lowest BCUT2D eigenvalue weighted by Gasteiger charge is -2.11. The first-order valence-corrected chi connectivity index (χ1v) is 5.97. The van der Waals surface area contributed by atoms with Crippen LogP contribution in [0.1, 0.15) is 25.3 Å². The van der Waals surface area contributed by atoms with Gasteiger partial charge in [-0.3, -0.25) is 4.79 Å². The van der Waals surface area contributed by atoms with Crippen molar-refractivity contribution in [3.05, 3.63) is 23.8 Å². The van der Waals surface area contributed by atoms with Crippen LogP contribution in [0.3, 0.4) is 0 Å². The number of aromatic hydroxyl groups is 2. The normalized spacial score (nSPS) is 11.5. The first-order chi connectivity index (χ1) is 8.54. The van der Waals surface area contributed by atoms with Gasteiger partial charge < -0.3 is 20.7 Å². The molecule has 1 rings (SSSR count). The molecule has 0 saturated carbocycles. The smallest absolute Gasteiger partial charge is 0.323 e. The first-order valence-electron chi connectivity index (χ1n) is 5.97. The highest BCUT2D eigenvalue weighted by Gasteiger charge is 2.16. The Labute approximate surface area is 118 Å². The fourth-order valence-electron chi connectivity index (χ4n) is 1.46. The van der Waals surface area contributed by atoms with Crippen LogP contribution in [0.25, 0.3) is 0 Å². The summed E-state index contributed by atoms with van der Waals surface area (Å²) in [7, 11) is 0. The standard InChI is InChI=1S/C13H19NO4.ClH/c1-2-3-6-18-13(17)10(14)7-9-4-5-11(15)12(16)8-9;/h4-5,8,10,15-16H,2-3,6-7,14H2,1H3;1H. The summed E-state index contributed by atoms with van der Waals surface area (Å²) in [6.07, 6.45) is 2.03. The van der Waals surface area contributed by atoms with E-state index in [-0.39, 0.29) is 30.3 Å². The Hall–Kier alpha value is -1.46. The quantitative estimate of drug-likeness (QED) is 0.421. The molecule has 19 heavy (non-hydrogen) atoms. The van der Waals surface area contributed by atoms with Gasteiger partial charge in [0, 0.05) is 0 Å². The molecule has 6 heteroatoms. The Kier molecular flexibility index (Phi) is 7.95. The maximum atomic E-state index is 11.5. The number of unbranched alkanes of at least 4 members (excludes halogenated alkanes) is 1. The maximum absolute atomic E-state index is 11.5. The van der Waals surface area contributed by atoms with E-state index in [4.69, 9.17) is 15.6 Å². The number of benzene rings is 1. The van der Waals surface area contributed by atoms with Gasteiger partial charge in [0.2, 0.25) is 0 Å². The SMILES string of the molecule is CCCCOC(=O)C(N)Cc1ccc(O)c(O)c1.Cl. The lowest BCUT2D eigenvalue weighted by atomic mass is 10.1. The number of nitrogens with two attached hydrogens (primary N) is 1. The van der Waals surface area contributed by atoms with Crippen molar-refractivity contribution in [2.75, 3.05) is 6.61 Å². The van der Waals surface area contributed by atoms with Gasteiger partial charge in [0.1, 0.15) is 6.04 Å². The largest absolute Gasteiger partial charge is 0.504 e. The lowest BCUT2D eigenvalue weighted by Crippen LogP contribution is -2.34. The molecule has 0 saturated heterocycles. The molecular formula is C13H20ClNO4. The molecule has 1 atom stereocenters. The Morgan fingerprint density at radius 3 is 2.63 bits per heavy atom. The molecule has 0 radical (unpaired) electrons. The summed E-state index contributed by atoms with van der Waals surface area (Å²) in [5.74, 6) is -0.868. The number of phenols is 2. The summed E-state index contributed by atoms with van der Waals surface area (Å²) in [6, 6.07) is 3.59. The van der Waals surface area contributed by atoms with Crippen molar-refractivity contribution in [2.24, 2.45) is 5.73 Å². The number of phenolic OH excluding ortho intramolecular Hbond substituents is 2. The fraction of sp³-hybridized carbons (Fsp3) is 0.462. The van der Waals surface area contributed by atoms with E-state index < -0.39 is 12.0 Å². The molecule has 0 amide bonds. The third-order valence-corrected chi connectivity index (χ3v) is 2.54. The number of esters is 1. The van der Waals surface area contributed by atoms with E-state index in [2.05, 4.69) is 0 Å². The Bertz CT molecular complexity index is 412. The van der Waals surface area contributed by atoms with Gasteiger partial charge in [0.25, 0.3) is 0 Å². The number of ether oxygens (including phenoxy) is 1. The monoisotopic (exact) mass is 289 g/mol. The van der Waals surface area contributed by atoms with Gasteiger partial charge in [-0.25, -0.2) is 0 Å². The van der Waals surface area contributed by atoms with Crippen molar-refractivity contribution in [2.45, 2.75) is 32.2 Å². The van der Waals surface area contributed by atoms with Crippen molar-refractivity contribution in [3.63, 3.8) is 0 Å². The zero-order valence-corrected chi connectivity index (χ0v) is 11.7. The van der Waals surface area contributed by atoms with Crippen LogP contribution < -0.4 is 5.73 Å². The van der Waals surface area contributed by atoms with E-state index in [0.29, 0.717) is 12.2 Å². The second kappa shape index (κ2) is 8.61. The Balaban J connectivity index is 0.00000324. The average molecular weight is 290 g/mol. The molecule has 0 spiro atoms. The molecule has 0 heterocycles. The highest BCUT2D eigenvalue weighted by Crippen LogP contribution is 2.25. The van der Waals surface area contributed by atoms with Gasteiger partial charge in [0.15, 0.2) is 11.5 Å². The number of hydrogen-bond acceptors (Lipinski definition) is 5. The molecule has 108 valence electrons. The molecule has 0 aliphatic rings. The van der Waals surface area contributed by atoms with Crippen LogP contribution in [-0.2, 0) is 16.0 Å². The van der Waals surface area contributed by atoms with Crippen molar-refractivity contribution in [3.8, 4) is 11.5 Å². The van der Waals surface area contributed by atoms with Gasteiger partial charge >= 0.3 is 5.97 Å². The molecular weight excluding hydrogens is 270 g/mol. The molecule has 1 aromatic rings. The van der Waals surface area contributed by atoms with E-state index in [1.165, 1.54) is 12.1 Å². The van der Waals surface area contributed by atoms with Gasteiger partial charge in [-0.05, 0) is 30.5 Å². The van der Waals surface area contributed by atoms with Gasteiger partial charge in [-0.1, -0.05) is 19.4 Å².